The van der Waals surface area contributed by atoms with Crippen LogP contribution in [0, 0.1) is 6.92 Å². The molecule has 0 saturated heterocycles. The molecule has 100 valence electrons. The van der Waals surface area contributed by atoms with Crippen LogP contribution in [0.25, 0.3) is 0 Å². The summed E-state index contributed by atoms with van der Waals surface area (Å²) in [6, 6.07) is 16.7. The van der Waals surface area contributed by atoms with E-state index in [4.69, 9.17) is 17.3 Å². The van der Waals surface area contributed by atoms with E-state index >= 15 is 0 Å². The molecule has 0 amide bonds. The van der Waals surface area contributed by atoms with Crippen molar-refractivity contribution >= 4 is 11.6 Å². The quantitative estimate of drug-likeness (QED) is 0.870. The molecule has 0 spiro atoms. The van der Waals surface area contributed by atoms with E-state index in [1.54, 1.807) is 0 Å². The molecule has 2 aromatic rings. The smallest absolute Gasteiger partial charge is 0.0438 e. The lowest BCUT2D eigenvalue weighted by Gasteiger charge is -2.13. The summed E-state index contributed by atoms with van der Waals surface area (Å²) in [6.45, 7) is 2.12. The van der Waals surface area contributed by atoms with E-state index in [1.165, 1.54) is 11.1 Å². The van der Waals surface area contributed by atoms with Crippen molar-refractivity contribution in [1.82, 2.24) is 0 Å². The Labute approximate surface area is 120 Å². The minimum Gasteiger partial charge on any atom is -0.327 e. The Balaban J connectivity index is 1.88. The van der Waals surface area contributed by atoms with E-state index in [0.717, 1.165) is 29.8 Å². The molecule has 2 aromatic carbocycles. The first-order valence-electron chi connectivity index (χ1n) is 6.69. The third-order valence-corrected chi connectivity index (χ3v) is 3.69. The minimum absolute atomic E-state index is 0.153. The number of aryl methyl sites for hydroxylation is 2. The van der Waals surface area contributed by atoms with Gasteiger partial charge in [-0.2, -0.15) is 0 Å². The van der Waals surface area contributed by atoms with Crippen LogP contribution in [0.5, 0.6) is 0 Å². The summed E-state index contributed by atoms with van der Waals surface area (Å²) >= 11 is 6.15. The molecule has 0 bridgehead atoms. The molecular weight excluding hydrogens is 254 g/mol. The predicted octanol–water partition coefficient (Wildman–Crippen LogP) is 4.15. The lowest BCUT2D eigenvalue weighted by molar-refractivity contribution is 0.610. The Hall–Kier alpha value is -1.31. The monoisotopic (exact) mass is 273 g/mol. The van der Waals surface area contributed by atoms with E-state index in [0.29, 0.717) is 0 Å². The van der Waals surface area contributed by atoms with Crippen molar-refractivity contribution in [2.45, 2.75) is 32.2 Å². The van der Waals surface area contributed by atoms with Gasteiger partial charge in [-0.15, -0.1) is 0 Å². The van der Waals surface area contributed by atoms with Crippen LogP contribution >= 0.6 is 11.6 Å². The lowest BCUT2D eigenvalue weighted by atomic mass is 9.99. The Morgan fingerprint density at radius 2 is 1.89 bits per heavy atom. The first-order chi connectivity index (χ1) is 9.15. The summed E-state index contributed by atoms with van der Waals surface area (Å²) in [6.07, 6.45) is 2.84. The molecule has 0 radical (unpaired) electrons. The van der Waals surface area contributed by atoms with Crippen molar-refractivity contribution in [3.63, 3.8) is 0 Å². The largest absolute Gasteiger partial charge is 0.327 e. The SMILES string of the molecule is Cc1cccc(CCC(N)Cc2ccccc2Cl)c1. The van der Waals surface area contributed by atoms with Gasteiger partial charge in [0, 0.05) is 11.1 Å². The zero-order valence-electron chi connectivity index (χ0n) is 11.3. The van der Waals surface area contributed by atoms with Gasteiger partial charge in [-0.05, 0) is 43.4 Å². The van der Waals surface area contributed by atoms with E-state index in [9.17, 15) is 0 Å². The molecule has 0 aromatic heterocycles. The van der Waals surface area contributed by atoms with Crippen LogP contribution in [-0.2, 0) is 12.8 Å². The predicted molar refractivity (Wildman–Crippen MR) is 82.6 cm³/mol. The van der Waals surface area contributed by atoms with Gasteiger partial charge in [0.1, 0.15) is 0 Å². The topological polar surface area (TPSA) is 26.0 Å². The van der Waals surface area contributed by atoms with Crippen LogP contribution in [0.4, 0.5) is 0 Å². The maximum Gasteiger partial charge on any atom is 0.0438 e. The van der Waals surface area contributed by atoms with E-state index < -0.39 is 0 Å². The maximum atomic E-state index is 6.20. The third-order valence-electron chi connectivity index (χ3n) is 3.33. The number of halogens is 1. The highest BCUT2D eigenvalue weighted by atomic mass is 35.5. The molecule has 0 saturated carbocycles. The number of rotatable bonds is 5. The van der Waals surface area contributed by atoms with Crippen molar-refractivity contribution in [2.75, 3.05) is 0 Å². The summed E-state index contributed by atoms with van der Waals surface area (Å²) in [5.74, 6) is 0. The highest BCUT2D eigenvalue weighted by Gasteiger charge is 2.07. The molecule has 0 fully saturated rings. The van der Waals surface area contributed by atoms with Gasteiger partial charge >= 0.3 is 0 Å². The number of nitrogens with two attached hydrogens (primary N) is 1. The Morgan fingerprint density at radius 3 is 2.63 bits per heavy atom. The van der Waals surface area contributed by atoms with Gasteiger partial charge in [0.15, 0.2) is 0 Å². The average molecular weight is 274 g/mol. The lowest BCUT2D eigenvalue weighted by Crippen LogP contribution is -2.23. The maximum absolute atomic E-state index is 6.20. The van der Waals surface area contributed by atoms with Gasteiger partial charge in [-0.25, -0.2) is 0 Å². The summed E-state index contributed by atoms with van der Waals surface area (Å²) in [7, 11) is 0. The first kappa shape index (κ1) is 14.1. The molecule has 2 rings (SSSR count). The van der Waals surface area contributed by atoms with Crippen LogP contribution in [0.1, 0.15) is 23.1 Å². The Morgan fingerprint density at radius 1 is 1.11 bits per heavy atom. The molecule has 0 aliphatic rings. The van der Waals surface area contributed by atoms with Gasteiger partial charge in [0.25, 0.3) is 0 Å². The molecule has 0 aliphatic heterocycles. The average Bonchev–Trinajstić information content (AvgIpc) is 2.39. The number of hydrogen-bond donors (Lipinski definition) is 1. The standard InChI is InChI=1S/C17H20ClN/c1-13-5-4-6-14(11-13)9-10-16(19)12-15-7-2-3-8-17(15)18/h2-8,11,16H,9-10,12,19H2,1H3. The third kappa shape index (κ3) is 4.38. The molecule has 2 heteroatoms. The molecule has 1 nitrogen and oxygen atoms in total. The highest BCUT2D eigenvalue weighted by molar-refractivity contribution is 6.31. The summed E-state index contributed by atoms with van der Waals surface area (Å²) in [5, 5.41) is 0.813. The van der Waals surface area contributed by atoms with Crippen LogP contribution in [0.3, 0.4) is 0 Å². The second kappa shape index (κ2) is 6.74. The van der Waals surface area contributed by atoms with E-state index in [1.807, 2.05) is 18.2 Å². The van der Waals surface area contributed by atoms with Crippen LogP contribution < -0.4 is 5.73 Å². The fraction of sp³-hybridized carbons (Fsp3) is 0.294. The molecule has 1 atom stereocenters. The van der Waals surface area contributed by atoms with Crippen LogP contribution in [-0.4, -0.2) is 6.04 Å². The van der Waals surface area contributed by atoms with Gasteiger partial charge < -0.3 is 5.73 Å². The van der Waals surface area contributed by atoms with Crippen LogP contribution in [0.15, 0.2) is 48.5 Å². The number of hydrogen-bond acceptors (Lipinski definition) is 1. The Kier molecular flexibility index (Phi) is 5.00. The van der Waals surface area contributed by atoms with E-state index in [-0.39, 0.29) is 6.04 Å². The minimum atomic E-state index is 0.153. The molecule has 2 N–H and O–H groups in total. The zero-order valence-corrected chi connectivity index (χ0v) is 12.0. The molecular formula is C17H20ClN. The summed E-state index contributed by atoms with van der Waals surface area (Å²) < 4.78 is 0. The molecule has 1 unspecified atom stereocenters. The zero-order chi connectivity index (χ0) is 13.7. The van der Waals surface area contributed by atoms with Gasteiger partial charge in [-0.1, -0.05) is 59.6 Å². The van der Waals surface area contributed by atoms with Crippen LogP contribution in [0.2, 0.25) is 5.02 Å². The van der Waals surface area contributed by atoms with Crippen molar-refractivity contribution < 1.29 is 0 Å². The van der Waals surface area contributed by atoms with E-state index in [2.05, 4.69) is 37.3 Å². The Bertz CT molecular complexity index is 536. The van der Waals surface area contributed by atoms with Gasteiger partial charge in [0.2, 0.25) is 0 Å². The van der Waals surface area contributed by atoms with Crippen molar-refractivity contribution in [2.24, 2.45) is 5.73 Å². The summed E-state index contributed by atoms with van der Waals surface area (Å²) in [4.78, 5) is 0. The number of benzene rings is 2. The van der Waals surface area contributed by atoms with Crippen molar-refractivity contribution in [3.05, 3.63) is 70.2 Å². The summed E-state index contributed by atoms with van der Waals surface area (Å²) in [5.41, 5.74) is 10.0. The van der Waals surface area contributed by atoms with Gasteiger partial charge in [-0.3, -0.25) is 0 Å². The normalized spacial score (nSPS) is 12.4. The van der Waals surface area contributed by atoms with Crippen molar-refractivity contribution in [3.8, 4) is 0 Å². The molecule has 0 heterocycles. The fourth-order valence-corrected chi connectivity index (χ4v) is 2.48. The highest BCUT2D eigenvalue weighted by Crippen LogP contribution is 2.17. The molecule has 19 heavy (non-hydrogen) atoms. The van der Waals surface area contributed by atoms with Gasteiger partial charge in [0.05, 0.1) is 0 Å². The fourth-order valence-electron chi connectivity index (χ4n) is 2.27. The first-order valence-corrected chi connectivity index (χ1v) is 7.07. The molecule has 0 aliphatic carbocycles. The van der Waals surface area contributed by atoms with Crippen molar-refractivity contribution in [1.29, 1.82) is 0 Å². The second-order valence-corrected chi connectivity index (χ2v) is 5.49. The second-order valence-electron chi connectivity index (χ2n) is 5.08.